The van der Waals surface area contributed by atoms with Crippen molar-refractivity contribution in [2.45, 2.75) is 84.0 Å². The molecule has 0 aromatic heterocycles. The minimum Gasteiger partial charge on any atom is -0.508 e. The summed E-state index contributed by atoms with van der Waals surface area (Å²) in [6.45, 7) is 15.9. The second kappa shape index (κ2) is 14.3. The Morgan fingerprint density at radius 3 is 2.37 bits per heavy atom. The molecule has 3 aromatic rings. The molecule has 234 valence electrons. The molecule has 1 atom stereocenters. The van der Waals surface area contributed by atoms with Crippen molar-refractivity contribution in [3.63, 3.8) is 0 Å². The Morgan fingerprint density at radius 2 is 1.72 bits per heavy atom. The summed E-state index contributed by atoms with van der Waals surface area (Å²) in [5.74, 6) is 0.573. The van der Waals surface area contributed by atoms with Crippen LogP contribution in [0.4, 0.5) is 0 Å². The monoisotopic (exact) mass is 626 g/mol. The molecular weight excluding hydrogens is 580 g/mol. The van der Waals surface area contributed by atoms with Gasteiger partial charge < -0.3 is 30.0 Å². The third-order valence-electron chi connectivity index (χ3n) is 8.18. The Balaban J connectivity index is 1.72. The lowest BCUT2D eigenvalue weighted by atomic mass is 9.93. The molecule has 7 nitrogen and oxygen atoms in total. The minimum absolute atomic E-state index is 0.0103. The molecule has 1 amide bonds. The van der Waals surface area contributed by atoms with E-state index in [9.17, 15) is 15.0 Å². The maximum Gasteiger partial charge on any atom is 0.251 e. The number of hydrogen-bond acceptors (Lipinski definition) is 6. The number of ether oxygens (including phenoxy) is 1. The van der Waals surface area contributed by atoms with Crippen molar-refractivity contribution in [1.82, 2.24) is 10.6 Å². The molecule has 0 aliphatic heterocycles. The van der Waals surface area contributed by atoms with Crippen molar-refractivity contribution in [2.24, 2.45) is 0 Å². The van der Waals surface area contributed by atoms with E-state index in [1.807, 2.05) is 36.4 Å². The van der Waals surface area contributed by atoms with Crippen LogP contribution in [0.25, 0.3) is 0 Å². The molecule has 3 rings (SSSR count). The van der Waals surface area contributed by atoms with Gasteiger partial charge in [0.25, 0.3) is 5.91 Å². The first kappa shape index (κ1) is 34.6. The van der Waals surface area contributed by atoms with Crippen molar-refractivity contribution in [2.75, 3.05) is 13.7 Å². The van der Waals surface area contributed by atoms with Crippen molar-refractivity contribution in [3.05, 3.63) is 93.5 Å². The fourth-order valence-electron chi connectivity index (χ4n) is 4.55. The zero-order valence-electron chi connectivity index (χ0n) is 26.7. The zero-order chi connectivity index (χ0) is 32.0. The Bertz CT molecular complexity index is 1400. The molecule has 0 bridgehead atoms. The van der Waals surface area contributed by atoms with E-state index in [1.54, 1.807) is 31.4 Å². The van der Waals surface area contributed by atoms with Crippen molar-refractivity contribution < 1.29 is 24.2 Å². The lowest BCUT2D eigenvalue weighted by Gasteiger charge is -2.40. The molecule has 0 radical (unpaired) electrons. The second-order valence-corrected chi connectivity index (χ2v) is 18.4. The number of aliphatic hydroxyl groups is 1. The number of amides is 1. The zero-order valence-corrected chi connectivity index (χ0v) is 28.4. The number of hydrogen-bond donors (Lipinski definition) is 4. The standard InChI is InChI=1S/C34H47ClN2O5Si/c1-33(2,3)43(7,8)42-31(24-12-15-30(39)27(17-24)22-38)21-37-34(4,5)19-23-10-9-11-25(16-23)32(40)36-20-26-18-28(41-6)13-14-29(26)35/h9-18,31,37-39H,19-22H2,1-8H3,(H,36,40)/t31-/m0/s1. The summed E-state index contributed by atoms with van der Waals surface area (Å²) in [7, 11) is -0.556. The van der Waals surface area contributed by atoms with Gasteiger partial charge in [0.2, 0.25) is 0 Å². The number of benzene rings is 3. The molecule has 0 aliphatic rings. The molecule has 3 aromatic carbocycles. The number of phenols is 1. The fraction of sp³-hybridized carbons (Fsp3) is 0.441. The quantitative estimate of drug-likeness (QED) is 0.150. The third kappa shape index (κ3) is 9.55. The largest absolute Gasteiger partial charge is 0.508 e. The normalized spacial score (nSPS) is 13.1. The van der Waals surface area contributed by atoms with Crippen LogP contribution in [0.2, 0.25) is 23.2 Å². The lowest BCUT2D eigenvalue weighted by Crippen LogP contribution is -2.47. The highest BCUT2D eigenvalue weighted by Crippen LogP contribution is 2.40. The van der Waals surface area contributed by atoms with E-state index in [1.165, 1.54) is 0 Å². The van der Waals surface area contributed by atoms with E-state index in [0.29, 0.717) is 34.9 Å². The maximum atomic E-state index is 13.0. The Hall–Kier alpha value is -2.88. The van der Waals surface area contributed by atoms with Crippen LogP contribution < -0.4 is 15.4 Å². The van der Waals surface area contributed by atoms with Crippen molar-refractivity contribution in [3.8, 4) is 11.5 Å². The number of halogens is 1. The van der Waals surface area contributed by atoms with Gasteiger partial charge in [0.15, 0.2) is 8.32 Å². The number of carbonyl (C=O) groups is 1. The molecule has 0 saturated heterocycles. The first-order valence-electron chi connectivity index (χ1n) is 14.6. The Morgan fingerprint density at radius 1 is 1.00 bits per heavy atom. The van der Waals surface area contributed by atoms with Crippen molar-refractivity contribution >= 4 is 25.8 Å². The van der Waals surface area contributed by atoms with Crippen LogP contribution in [0.5, 0.6) is 11.5 Å². The number of rotatable bonds is 13. The summed E-state index contributed by atoms with van der Waals surface area (Å²) >= 11 is 6.31. The van der Waals surface area contributed by atoms with E-state index in [2.05, 4.69) is 58.3 Å². The van der Waals surface area contributed by atoms with Gasteiger partial charge in [0.05, 0.1) is 19.8 Å². The molecule has 9 heteroatoms. The summed E-state index contributed by atoms with van der Waals surface area (Å²) in [4.78, 5) is 13.0. The Kier molecular flexibility index (Phi) is 11.5. The minimum atomic E-state index is -2.15. The highest BCUT2D eigenvalue weighted by Gasteiger charge is 2.39. The molecule has 0 aliphatic carbocycles. The van der Waals surface area contributed by atoms with Crippen LogP contribution >= 0.6 is 11.6 Å². The number of aromatic hydroxyl groups is 1. The van der Waals surface area contributed by atoms with Gasteiger partial charge in [-0.2, -0.15) is 0 Å². The molecule has 0 fully saturated rings. The highest BCUT2D eigenvalue weighted by atomic mass is 35.5. The first-order valence-corrected chi connectivity index (χ1v) is 17.9. The third-order valence-corrected chi connectivity index (χ3v) is 13.0. The topological polar surface area (TPSA) is 100 Å². The van der Waals surface area contributed by atoms with Gasteiger partial charge >= 0.3 is 0 Å². The molecule has 43 heavy (non-hydrogen) atoms. The number of carbonyl (C=O) groups excluding carboxylic acids is 1. The predicted octanol–water partition coefficient (Wildman–Crippen LogP) is 7.15. The van der Waals surface area contributed by atoms with Crippen LogP contribution in [0.3, 0.4) is 0 Å². The van der Waals surface area contributed by atoms with Crippen LogP contribution in [0.1, 0.15) is 73.3 Å². The van der Waals surface area contributed by atoms with Gasteiger partial charge in [-0.25, -0.2) is 0 Å². The number of methoxy groups -OCH3 is 1. The summed E-state index contributed by atoms with van der Waals surface area (Å²) < 4.78 is 12.1. The molecule has 0 unspecified atom stereocenters. The summed E-state index contributed by atoms with van der Waals surface area (Å²) in [5, 5.41) is 27.1. The fourth-order valence-corrected chi connectivity index (χ4v) is 6.02. The van der Waals surface area contributed by atoms with Crippen LogP contribution in [0.15, 0.2) is 60.7 Å². The summed E-state index contributed by atoms with van der Waals surface area (Å²) in [5.41, 5.74) is 3.44. The highest BCUT2D eigenvalue weighted by molar-refractivity contribution is 6.74. The number of aliphatic hydroxyl groups excluding tert-OH is 1. The first-order chi connectivity index (χ1) is 20.0. The van der Waals surface area contributed by atoms with E-state index < -0.39 is 8.32 Å². The molecule has 0 heterocycles. The van der Waals surface area contributed by atoms with E-state index in [4.69, 9.17) is 20.8 Å². The van der Waals surface area contributed by atoms with Gasteiger partial charge in [-0.15, -0.1) is 0 Å². The van der Waals surface area contributed by atoms with Crippen LogP contribution in [-0.4, -0.2) is 43.6 Å². The average molecular weight is 627 g/mol. The molecule has 4 N–H and O–H groups in total. The molecular formula is C34H47ClN2O5Si. The number of nitrogens with one attached hydrogen (secondary N) is 2. The summed E-state index contributed by atoms with van der Waals surface area (Å²) in [6.07, 6.45) is 0.409. The van der Waals surface area contributed by atoms with Gasteiger partial charge in [0.1, 0.15) is 11.5 Å². The maximum absolute atomic E-state index is 13.0. The van der Waals surface area contributed by atoms with Crippen LogP contribution in [-0.2, 0) is 24.0 Å². The molecule has 0 spiro atoms. The van der Waals surface area contributed by atoms with E-state index in [-0.39, 0.29) is 41.5 Å². The summed E-state index contributed by atoms with van der Waals surface area (Å²) in [6, 6.07) is 18.3. The van der Waals surface area contributed by atoms with Crippen molar-refractivity contribution in [1.29, 1.82) is 0 Å². The molecule has 0 saturated carbocycles. The Labute approximate surface area is 262 Å². The lowest BCUT2D eigenvalue weighted by molar-refractivity contribution is 0.0950. The van der Waals surface area contributed by atoms with Gasteiger partial charge in [-0.3, -0.25) is 4.79 Å². The average Bonchev–Trinajstić information content (AvgIpc) is 2.94. The van der Waals surface area contributed by atoms with Gasteiger partial charge in [-0.05, 0) is 97.6 Å². The van der Waals surface area contributed by atoms with Gasteiger partial charge in [0, 0.05) is 34.8 Å². The van der Waals surface area contributed by atoms with E-state index in [0.717, 1.165) is 16.7 Å². The SMILES string of the molecule is COc1ccc(Cl)c(CNC(=O)c2cccc(CC(C)(C)NC[C@H](O[Si](C)(C)C(C)(C)C)c3ccc(O)c(CO)c3)c2)c1. The second-order valence-electron chi connectivity index (χ2n) is 13.2. The van der Waals surface area contributed by atoms with Gasteiger partial charge in [-0.1, -0.05) is 50.6 Å². The van der Waals surface area contributed by atoms with E-state index >= 15 is 0 Å². The predicted molar refractivity (Wildman–Crippen MR) is 176 cm³/mol. The smallest absolute Gasteiger partial charge is 0.251 e. The van der Waals surface area contributed by atoms with Crippen LogP contribution in [0, 0.1) is 0 Å².